The molecule has 0 unspecified atom stereocenters. The van der Waals surface area contributed by atoms with Gasteiger partial charge < -0.3 is 10.1 Å². The van der Waals surface area contributed by atoms with Crippen molar-refractivity contribution in [3.05, 3.63) is 35.9 Å². The van der Waals surface area contributed by atoms with E-state index in [9.17, 15) is 24.0 Å². The Balaban J connectivity index is 1.78. The number of fused-ring (bicyclic) bond motifs is 1. The number of rotatable bonds is 5. The van der Waals surface area contributed by atoms with Crippen molar-refractivity contribution >= 4 is 29.7 Å². The molecule has 2 fully saturated rings. The van der Waals surface area contributed by atoms with Gasteiger partial charge in [0, 0.05) is 12.6 Å². The monoisotopic (exact) mass is 415 g/mol. The molecule has 1 aromatic carbocycles. The van der Waals surface area contributed by atoms with Crippen LogP contribution >= 0.6 is 0 Å². The van der Waals surface area contributed by atoms with Gasteiger partial charge in [0.05, 0.1) is 11.8 Å². The number of benzene rings is 1. The maximum atomic E-state index is 12.8. The van der Waals surface area contributed by atoms with Crippen molar-refractivity contribution in [2.24, 2.45) is 11.8 Å². The van der Waals surface area contributed by atoms with Gasteiger partial charge in [-0.05, 0) is 19.8 Å². The second-order valence-electron chi connectivity index (χ2n) is 7.52. The Morgan fingerprint density at radius 3 is 2.13 bits per heavy atom. The molecule has 2 aliphatic rings. The minimum atomic E-state index is -1.41. The Morgan fingerprint density at radius 1 is 1.03 bits per heavy atom. The van der Waals surface area contributed by atoms with Gasteiger partial charge in [-0.2, -0.15) is 0 Å². The lowest BCUT2D eigenvalue weighted by Crippen LogP contribution is -2.46. The first-order valence-corrected chi connectivity index (χ1v) is 10.00. The SMILES string of the molecule is CNC(=O)NC(=O)[C@H](OC(=O)[C@H](C)N1C(=O)[C@H]2CCCC[C@H]2C1=O)c1ccccc1. The number of hydrogen-bond acceptors (Lipinski definition) is 6. The Morgan fingerprint density at radius 2 is 1.60 bits per heavy atom. The second kappa shape index (κ2) is 9.06. The highest BCUT2D eigenvalue weighted by Gasteiger charge is 2.51. The van der Waals surface area contributed by atoms with Crippen molar-refractivity contribution < 1.29 is 28.7 Å². The lowest BCUT2D eigenvalue weighted by atomic mass is 9.81. The van der Waals surface area contributed by atoms with Gasteiger partial charge in [-0.1, -0.05) is 43.2 Å². The molecule has 1 aliphatic heterocycles. The van der Waals surface area contributed by atoms with E-state index in [2.05, 4.69) is 10.6 Å². The van der Waals surface area contributed by atoms with Crippen LogP contribution in [0.1, 0.15) is 44.3 Å². The largest absolute Gasteiger partial charge is 0.446 e. The molecule has 0 aromatic heterocycles. The van der Waals surface area contributed by atoms with Crippen molar-refractivity contribution in [2.45, 2.75) is 44.8 Å². The molecule has 1 aliphatic carbocycles. The predicted octanol–water partition coefficient (Wildman–Crippen LogP) is 1.29. The molecule has 1 heterocycles. The molecule has 1 aromatic rings. The average Bonchev–Trinajstić information content (AvgIpc) is 3.02. The molecule has 0 radical (unpaired) electrons. The lowest BCUT2D eigenvalue weighted by molar-refractivity contribution is -0.165. The van der Waals surface area contributed by atoms with E-state index in [1.165, 1.54) is 14.0 Å². The Hall–Kier alpha value is -3.23. The number of nitrogens with zero attached hydrogens (tertiary/aromatic N) is 1. The van der Waals surface area contributed by atoms with Gasteiger partial charge in [-0.3, -0.25) is 24.6 Å². The van der Waals surface area contributed by atoms with Crippen LogP contribution in [-0.2, 0) is 23.9 Å². The summed E-state index contributed by atoms with van der Waals surface area (Å²) in [4.78, 5) is 63.3. The molecule has 3 rings (SSSR count). The van der Waals surface area contributed by atoms with Crippen LogP contribution in [0.15, 0.2) is 30.3 Å². The molecule has 2 N–H and O–H groups in total. The summed E-state index contributed by atoms with van der Waals surface area (Å²) in [7, 11) is 1.35. The number of ether oxygens (including phenoxy) is 1. The molecule has 1 saturated carbocycles. The van der Waals surface area contributed by atoms with Crippen LogP contribution in [0.3, 0.4) is 0 Å². The number of carbonyl (C=O) groups is 5. The van der Waals surface area contributed by atoms with E-state index >= 15 is 0 Å². The lowest BCUT2D eigenvalue weighted by Gasteiger charge is -2.24. The summed E-state index contributed by atoms with van der Waals surface area (Å²) < 4.78 is 5.39. The molecule has 4 atom stereocenters. The summed E-state index contributed by atoms with van der Waals surface area (Å²) in [6.07, 6.45) is 1.61. The molecule has 0 spiro atoms. The second-order valence-corrected chi connectivity index (χ2v) is 7.52. The van der Waals surface area contributed by atoms with Crippen molar-refractivity contribution in [1.82, 2.24) is 15.5 Å². The van der Waals surface area contributed by atoms with Crippen molar-refractivity contribution in [1.29, 1.82) is 0 Å². The van der Waals surface area contributed by atoms with Gasteiger partial charge in [0.1, 0.15) is 6.04 Å². The highest BCUT2D eigenvalue weighted by molar-refractivity contribution is 6.08. The van der Waals surface area contributed by atoms with E-state index in [1.54, 1.807) is 30.3 Å². The number of carbonyl (C=O) groups excluding carboxylic acids is 5. The Kier molecular flexibility index (Phi) is 6.49. The summed E-state index contributed by atoms with van der Waals surface area (Å²) in [5.74, 6) is -3.23. The van der Waals surface area contributed by atoms with Crippen molar-refractivity contribution in [3.63, 3.8) is 0 Å². The van der Waals surface area contributed by atoms with Crippen LogP contribution in [-0.4, -0.2) is 47.7 Å². The molecule has 9 nitrogen and oxygen atoms in total. The molecule has 9 heteroatoms. The van der Waals surface area contributed by atoms with Crippen LogP contribution in [0.4, 0.5) is 4.79 Å². The van der Waals surface area contributed by atoms with E-state index in [-0.39, 0.29) is 23.7 Å². The maximum absolute atomic E-state index is 12.8. The highest BCUT2D eigenvalue weighted by Crippen LogP contribution is 2.39. The normalized spacial score (nSPS) is 22.7. The molecule has 1 saturated heterocycles. The van der Waals surface area contributed by atoms with Gasteiger partial charge in [0.15, 0.2) is 0 Å². The predicted molar refractivity (Wildman–Crippen MR) is 105 cm³/mol. The van der Waals surface area contributed by atoms with E-state index in [1.807, 2.05) is 0 Å². The third-order valence-corrected chi connectivity index (χ3v) is 5.64. The van der Waals surface area contributed by atoms with Gasteiger partial charge in [0.25, 0.3) is 5.91 Å². The quantitative estimate of drug-likeness (QED) is 0.552. The van der Waals surface area contributed by atoms with E-state index in [0.29, 0.717) is 18.4 Å². The fourth-order valence-electron chi connectivity index (χ4n) is 4.03. The summed E-state index contributed by atoms with van der Waals surface area (Å²) >= 11 is 0. The molecular weight excluding hydrogens is 390 g/mol. The third kappa shape index (κ3) is 4.19. The van der Waals surface area contributed by atoms with Crippen LogP contribution in [0.2, 0.25) is 0 Å². The topological polar surface area (TPSA) is 122 Å². The average molecular weight is 415 g/mol. The standard InChI is InChI=1S/C21H25N3O6/c1-12(24-18(26)14-10-6-7-11-15(14)19(24)27)20(28)30-16(13-8-4-3-5-9-13)17(25)23-21(29)22-2/h3-5,8-9,12,14-16H,6-7,10-11H2,1-2H3,(H2,22,23,25,29)/t12-,14-,15+,16+/m0/s1. The first-order valence-electron chi connectivity index (χ1n) is 10.00. The highest BCUT2D eigenvalue weighted by atomic mass is 16.6. The number of imide groups is 2. The van der Waals surface area contributed by atoms with Crippen LogP contribution < -0.4 is 10.6 Å². The molecule has 30 heavy (non-hydrogen) atoms. The zero-order chi connectivity index (χ0) is 21.8. The fourth-order valence-corrected chi connectivity index (χ4v) is 4.03. The molecular formula is C21H25N3O6. The molecule has 5 amide bonds. The number of urea groups is 1. The number of hydrogen-bond donors (Lipinski definition) is 2. The summed E-state index contributed by atoms with van der Waals surface area (Å²) in [6, 6.07) is 6.27. The zero-order valence-electron chi connectivity index (χ0n) is 16.9. The number of likely N-dealkylation sites (tertiary alicyclic amines) is 1. The smallest absolute Gasteiger partial charge is 0.330 e. The minimum absolute atomic E-state index is 0.354. The molecule has 0 bridgehead atoms. The maximum Gasteiger partial charge on any atom is 0.330 e. The van der Waals surface area contributed by atoms with Crippen LogP contribution in [0.25, 0.3) is 0 Å². The van der Waals surface area contributed by atoms with E-state index in [4.69, 9.17) is 4.74 Å². The number of nitrogens with one attached hydrogen (secondary N) is 2. The summed E-state index contributed by atoms with van der Waals surface area (Å²) in [5.41, 5.74) is 0.354. The Labute approximate surface area is 174 Å². The minimum Gasteiger partial charge on any atom is -0.446 e. The zero-order valence-corrected chi connectivity index (χ0v) is 16.9. The van der Waals surface area contributed by atoms with Crippen LogP contribution in [0, 0.1) is 11.8 Å². The van der Waals surface area contributed by atoms with Gasteiger partial charge in [-0.25, -0.2) is 9.59 Å². The van der Waals surface area contributed by atoms with E-state index in [0.717, 1.165) is 17.7 Å². The summed E-state index contributed by atoms with van der Waals surface area (Å²) in [6.45, 7) is 1.41. The first-order chi connectivity index (χ1) is 14.3. The number of amides is 5. The van der Waals surface area contributed by atoms with Crippen molar-refractivity contribution in [3.8, 4) is 0 Å². The van der Waals surface area contributed by atoms with Gasteiger partial charge >= 0.3 is 12.0 Å². The van der Waals surface area contributed by atoms with Crippen LogP contribution in [0.5, 0.6) is 0 Å². The first kappa shape index (κ1) is 21.5. The van der Waals surface area contributed by atoms with E-state index < -0.39 is 30.1 Å². The molecule has 160 valence electrons. The third-order valence-electron chi connectivity index (χ3n) is 5.64. The fraction of sp³-hybridized carbons (Fsp3) is 0.476. The summed E-state index contributed by atoms with van der Waals surface area (Å²) in [5, 5.41) is 4.34. The van der Waals surface area contributed by atoms with Crippen molar-refractivity contribution in [2.75, 3.05) is 7.05 Å². The van der Waals surface area contributed by atoms with Gasteiger partial charge in [0.2, 0.25) is 17.9 Å². The van der Waals surface area contributed by atoms with Gasteiger partial charge in [-0.15, -0.1) is 0 Å². The number of esters is 1. The Bertz CT molecular complexity index is 832.